The Kier molecular flexibility index (Phi) is 5.29. The fourth-order valence-corrected chi connectivity index (χ4v) is 4.06. The second-order valence-corrected chi connectivity index (χ2v) is 7.82. The molecular weight excluding hydrogens is 391 g/mol. The Morgan fingerprint density at radius 1 is 0.964 bits per heavy atom. The minimum absolute atomic E-state index is 0.0260. The van der Waals surface area contributed by atoms with Gasteiger partial charge >= 0.3 is 0 Å². The highest BCUT2D eigenvalue weighted by molar-refractivity contribution is 6.42. The third-order valence-electron chi connectivity index (χ3n) is 5.09. The standard InChI is InChI=1S/C23H20Cl2N2O/c1-15-13-21(26-17-7-3-2-4-8-17)18-9-5-6-10-22(18)27(15)23(28)16-11-12-19(24)20(25)14-16/h2-12,14-15,21,26H,13H2,1H3/t15-,21+/m1/s1. The summed E-state index contributed by atoms with van der Waals surface area (Å²) >= 11 is 12.1. The molecule has 142 valence electrons. The molecule has 1 amide bonds. The Labute approximate surface area is 174 Å². The highest BCUT2D eigenvalue weighted by atomic mass is 35.5. The molecule has 5 heteroatoms. The quantitative estimate of drug-likeness (QED) is 0.528. The van der Waals surface area contributed by atoms with Gasteiger partial charge in [0.25, 0.3) is 5.91 Å². The minimum atomic E-state index is -0.0725. The van der Waals surface area contributed by atoms with Crippen LogP contribution in [0.1, 0.15) is 35.3 Å². The summed E-state index contributed by atoms with van der Waals surface area (Å²) < 4.78 is 0. The molecule has 28 heavy (non-hydrogen) atoms. The first-order valence-electron chi connectivity index (χ1n) is 9.23. The summed E-state index contributed by atoms with van der Waals surface area (Å²) in [5.74, 6) is -0.0725. The van der Waals surface area contributed by atoms with Gasteiger partial charge in [-0.3, -0.25) is 4.79 Å². The van der Waals surface area contributed by atoms with Crippen molar-refractivity contribution in [1.29, 1.82) is 0 Å². The molecule has 1 aliphatic rings. The van der Waals surface area contributed by atoms with Crippen molar-refractivity contribution in [2.24, 2.45) is 0 Å². The second kappa shape index (κ2) is 7.86. The SMILES string of the molecule is C[C@@H]1C[C@H](Nc2ccccc2)c2ccccc2N1C(=O)c1ccc(Cl)c(Cl)c1. The lowest BCUT2D eigenvalue weighted by Crippen LogP contribution is -2.44. The van der Waals surface area contributed by atoms with Crippen molar-refractivity contribution in [2.45, 2.75) is 25.4 Å². The van der Waals surface area contributed by atoms with Gasteiger partial charge in [0.05, 0.1) is 16.1 Å². The van der Waals surface area contributed by atoms with Crippen LogP contribution in [-0.2, 0) is 0 Å². The van der Waals surface area contributed by atoms with E-state index in [1.807, 2.05) is 41.3 Å². The Balaban J connectivity index is 1.69. The van der Waals surface area contributed by atoms with Crippen LogP contribution in [0.3, 0.4) is 0 Å². The van der Waals surface area contributed by atoms with Gasteiger partial charge in [0.1, 0.15) is 0 Å². The second-order valence-electron chi connectivity index (χ2n) is 7.01. The average molecular weight is 411 g/mol. The van der Waals surface area contributed by atoms with Gasteiger partial charge in [0, 0.05) is 23.0 Å². The van der Waals surface area contributed by atoms with Crippen molar-refractivity contribution in [3.05, 3.63) is 94.0 Å². The van der Waals surface area contributed by atoms with E-state index in [0.717, 1.165) is 23.4 Å². The molecule has 0 aromatic heterocycles. The maximum atomic E-state index is 13.3. The highest BCUT2D eigenvalue weighted by Gasteiger charge is 2.34. The highest BCUT2D eigenvalue weighted by Crippen LogP contribution is 2.39. The monoisotopic (exact) mass is 410 g/mol. The van der Waals surface area contributed by atoms with E-state index in [2.05, 4.69) is 30.4 Å². The van der Waals surface area contributed by atoms with E-state index in [-0.39, 0.29) is 18.0 Å². The summed E-state index contributed by atoms with van der Waals surface area (Å²) in [4.78, 5) is 15.2. The predicted molar refractivity (Wildman–Crippen MR) is 117 cm³/mol. The van der Waals surface area contributed by atoms with E-state index in [1.54, 1.807) is 18.2 Å². The number of nitrogens with one attached hydrogen (secondary N) is 1. The lowest BCUT2D eigenvalue weighted by atomic mass is 9.90. The van der Waals surface area contributed by atoms with Gasteiger partial charge in [-0.2, -0.15) is 0 Å². The van der Waals surface area contributed by atoms with Crippen molar-refractivity contribution in [3.8, 4) is 0 Å². The Bertz CT molecular complexity index is 1010. The van der Waals surface area contributed by atoms with Crippen molar-refractivity contribution in [2.75, 3.05) is 10.2 Å². The molecule has 3 nitrogen and oxygen atoms in total. The van der Waals surface area contributed by atoms with Gasteiger partial charge in [-0.1, -0.05) is 59.6 Å². The average Bonchev–Trinajstić information content (AvgIpc) is 2.70. The van der Waals surface area contributed by atoms with E-state index in [9.17, 15) is 4.79 Å². The number of nitrogens with zero attached hydrogens (tertiary/aromatic N) is 1. The summed E-state index contributed by atoms with van der Waals surface area (Å²) in [5, 5.41) is 4.43. The molecule has 2 atom stereocenters. The van der Waals surface area contributed by atoms with Crippen molar-refractivity contribution in [1.82, 2.24) is 0 Å². The number of halogens is 2. The number of anilines is 2. The third kappa shape index (κ3) is 3.60. The van der Waals surface area contributed by atoms with E-state index < -0.39 is 0 Å². The molecule has 0 fully saturated rings. The van der Waals surface area contributed by atoms with Gasteiger partial charge in [0.15, 0.2) is 0 Å². The molecule has 0 saturated carbocycles. The topological polar surface area (TPSA) is 32.3 Å². The maximum Gasteiger partial charge on any atom is 0.258 e. The zero-order chi connectivity index (χ0) is 19.7. The summed E-state index contributed by atoms with van der Waals surface area (Å²) in [6.45, 7) is 2.07. The van der Waals surface area contributed by atoms with Gasteiger partial charge in [-0.25, -0.2) is 0 Å². The first-order chi connectivity index (χ1) is 13.5. The number of para-hydroxylation sites is 2. The summed E-state index contributed by atoms with van der Waals surface area (Å²) in [6, 6.07) is 23.4. The molecular formula is C23H20Cl2N2O. The van der Waals surface area contributed by atoms with Gasteiger partial charge in [-0.05, 0) is 55.3 Å². The van der Waals surface area contributed by atoms with Crippen molar-refractivity contribution < 1.29 is 4.79 Å². The molecule has 0 radical (unpaired) electrons. The smallest absolute Gasteiger partial charge is 0.258 e. The molecule has 4 rings (SSSR count). The van der Waals surface area contributed by atoms with Crippen molar-refractivity contribution in [3.63, 3.8) is 0 Å². The van der Waals surface area contributed by atoms with Crippen molar-refractivity contribution >= 4 is 40.5 Å². The number of carbonyl (C=O) groups is 1. The molecule has 0 saturated heterocycles. The first kappa shape index (κ1) is 18.9. The van der Waals surface area contributed by atoms with E-state index in [1.165, 1.54) is 0 Å². The largest absolute Gasteiger partial charge is 0.378 e. The fraction of sp³-hybridized carbons (Fsp3) is 0.174. The molecule has 3 aromatic carbocycles. The van der Waals surface area contributed by atoms with Crippen LogP contribution in [0.2, 0.25) is 10.0 Å². The van der Waals surface area contributed by atoms with Crippen LogP contribution in [0.5, 0.6) is 0 Å². The summed E-state index contributed by atoms with van der Waals surface area (Å²) in [5.41, 5.74) is 3.63. The predicted octanol–water partition coefficient (Wildman–Crippen LogP) is 6.59. The molecule has 0 bridgehead atoms. The number of carbonyl (C=O) groups excluding carboxylic acids is 1. The van der Waals surface area contributed by atoms with E-state index >= 15 is 0 Å². The maximum absolute atomic E-state index is 13.3. The number of benzene rings is 3. The van der Waals surface area contributed by atoms with Crippen LogP contribution < -0.4 is 10.2 Å². The zero-order valence-electron chi connectivity index (χ0n) is 15.4. The fourth-order valence-electron chi connectivity index (χ4n) is 3.76. The van der Waals surface area contributed by atoms with E-state index in [4.69, 9.17) is 23.2 Å². The molecule has 1 aliphatic heterocycles. The molecule has 3 aromatic rings. The lowest BCUT2D eigenvalue weighted by Gasteiger charge is -2.40. The number of hydrogen-bond acceptors (Lipinski definition) is 2. The Hall–Kier alpha value is -2.49. The minimum Gasteiger partial charge on any atom is -0.378 e. The lowest BCUT2D eigenvalue weighted by molar-refractivity contribution is 0.0974. The molecule has 1 heterocycles. The van der Waals surface area contributed by atoms with Gasteiger partial charge in [0.2, 0.25) is 0 Å². The Morgan fingerprint density at radius 2 is 1.68 bits per heavy atom. The normalized spacial score (nSPS) is 18.5. The van der Waals surface area contributed by atoms with Crippen LogP contribution in [0.4, 0.5) is 11.4 Å². The van der Waals surface area contributed by atoms with Gasteiger partial charge in [-0.15, -0.1) is 0 Å². The number of fused-ring (bicyclic) bond motifs is 1. The van der Waals surface area contributed by atoms with Crippen LogP contribution in [0.25, 0.3) is 0 Å². The number of hydrogen-bond donors (Lipinski definition) is 1. The van der Waals surface area contributed by atoms with Crippen LogP contribution >= 0.6 is 23.2 Å². The molecule has 0 spiro atoms. The molecule has 0 unspecified atom stereocenters. The summed E-state index contributed by atoms with van der Waals surface area (Å²) in [6.07, 6.45) is 0.805. The number of rotatable bonds is 3. The van der Waals surface area contributed by atoms with Gasteiger partial charge < -0.3 is 10.2 Å². The van der Waals surface area contributed by atoms with E-state index in [0.29, 0.717) is 15.6 Å². The Morgan fingerprint density at radius 3 is 2.43 bits per heavy atom. The number of amides is 1. The zero-order valence-corrected chi connectivity index (χ0v) is 16.9. The van der Waals surface area contributed by atoms with Crippen LogP contribution in [0, 0.1) is 0 Å². The van der Waals surface area contributed by atoms with Crippen LogP contribution in [0.15, 0.2) is 72.8 Å². The third-order valence-corrected chi connectivity index (χ3v) is 5.83. The molecule has 1 N–H and O–H groups in total. The summed E-state index contributed by atoms with van der Waals surface area (Å²) in [7, 11) is 0. The molecule has 0 aliphatic carbocycles. The van der Waals surface area contributed by atoms with Crippen LogP contribution in [-0.4, -0.2) is 11.9 Å². The first-order valence-corrected chi connectivity index (χ1v) is 9.99.